The first-order chi connectivity index (χ1) is 11.5. The van der Waals surface area contributed by atoms with E-state index in [1.54, 1.807) is 0 Å². The minimum atomic E-state index is -0.764. The maximum absolute atomic E-state index is 12.3. The van der Waals surface area contributed by atoms with Gasteiger partial charge in [-0.2, -0.15) is 0 Å². The van der Waals surface area contributed by atoms with Crippen LogP contribution < -0.4 is 4.74 Å². The third kappa shape index (κ3) is 5.55. The van der Waals surface area contributed by atoms with Crippen molar-refractivity contribution in [1.82, 2.24) is 4.90 Å². The first-order valence-electron chi connectivity index (χ1n) is 8.65. The SMILES string of the molecule is Cc1ccc(OCCC(=O)N2CCCC(CCC(=O)O)C2)c(C)c1. The molecule has 0 spiro atoms. The van der Waals surface area contributed by atoms with Crippen molar-refractivity contribution < 1.29 is 19.4 Å². The summed E-state index contributed by atoms with van der Waals surface area (Å²) in [4.78, 5) is 24.9. The lowest BCUT2D eigenvalue weighted by molar-refractivity contribution is -0.137. The summed E-state index contributed by atoms with van der Waals surface area (Å²) < 4.78 is 5.73. The molecule has 1 heterocycles. The molecule has 1 aromatic carbocycles. The lowest BCUT2D eigenvalue weighted by Gasteiger charge is -2.32. The lowest BCUT2D eigenvalue weighted by atomic mass is 9.93. The predicted octanol–water partition coefficient (Wildman–Crippen LogP) is 3.18. The van der Waals surface area contributed by atoms with Crippen LogP contribution in [-0.2, 0) is 9.59 Å². The fraction of sp³-hybridized carbons (Fsp3) is 0.579. The molecule has 1 fully saturated rings. The molecule has 132 valence electrons. The minimum absolute atomic E-state index is 0.0970. The molecule has 5 heteroatoms. The largest absolute Gasteiger partial charge is 0.493 e. The highest BCUT2D eigenvalue weighted by Gasteiger charge is 2.23. The van der Waals surface area contributed by atoms with Crippen molar-refractivity contribution in [2.24, 2.45) is 5.92 Å². The number of aryl methyl sites for hydroxylation is 2. The molecule has 0 radical (unpaired) electrons. The summed E-state index contributed by atoms with van der Waals surface area (Å²) in [7, 11) is 0. The van der Waals surface area contributed by atoms with Crippen LogP contribution in [0, 0.1) is 19.8 Å². The highest BCUT2D eigenvalue weighted by atomic mass is 16.5. The van der Waals surface area contributed by atoms with Crippen LogP contribution in [0.3, 0.4) is 0 Å². The van der Waals surface area contributed by atoms with E-state index in [0.29, 0.717) is 31.9 Å². The smallest absolute Gasteiger partial charge is 0.303 e. The van der Waals surface area contributed by atoms with Gasteiger partial charge in [0.1, 0.15) is 5.75 Å². The number of hydrogen-bond donors (Lipinski definition) is 1. The van der Waals surface area contributed by atoms with Gasteiger partial charge in [-0.3, -0.25) is 9.59 Å². The van der Waals surface area contributed by atoms with Crippen LogP contribution in [0.2, 0.25) is 0 Å². The first kappa shape index (κ1) is 18.3. The minimum Gasteiger partial charge on any atom is -0.493 e. The number of carbonyl (C=O) groups excluding carboxylic acids is 1. The molecule has 1 N–H and O–H groups in total. The van der Waals surface area contributed by atoms with Crippen LogP contribution >= 0.6 is 0 Å². The van der Waals surface area contributed by atoms with Crippen LogP contribution in [0.1, 0.15) is 43.2 Å². The standard InChI is InChI=1S/C19H27NO4/c1-14-5-7-17(15(2)12-14)24-11-9-18(21)20-10-3-4-16(13-20)6-8-19(22)23/h5,7,12,16H,3-4,6,8-11,13H2,1-2H3,(H,22,23). The number of amides is 1. The van der Waals surface area contributed by atoms with E-state index in [0.717, 1.165) is 30.7 Å². The molecule has 1 unspecified atom stereocenters. The Labute approximate surface area is 143 Å². The molecule has 1 aromatic rings. The topological polar surface area (TPSA) is 66.8 Å². The molecule has 0 bridgehead atoms. The second-order valence-electron chi connectivity index (χ2n) is 6.65. The van der Waals surface area contributed by atoms with Crippen LogP contribution in [-0.4, -0.2) is 41.6 Å². The third-order valence-corrected chi connectivity index (χ3v) is 4.54. The number of aliphatic carboxylic acids is 1. The summed E-state index contributed by atoms with van der Waals surface area (Å²) in [5, 5.41) is 8.79. The Hall–Kier alpha value is -2.04. The van der Waals surface area contributed by atoms with Crippen molar-refractivity contribution in [3.8, 4) is 5.75 Å². The predicted molar refractivity (Wildman–Crippen MR) is 92.2 cm³/mol. The van der Waals surface area contributed by atoms with E-state index in [4.69, 9.17) is 9.84 Å². The van der Waals surface area contributed by atoms with E-state index in [-0.39, 0.29) is 12.3 Å². The third-order valence-electron chi connectivity index (χ3n) is 4.54. The van der Waals surface area contributed by atoms with Crippen molar-refractivity contribution in [3.63, 3.8) is 0 Å². The number of carboxylic acids is 1. The Morgan fingerprint density at radius 3 is 2.79 bits per heavy atom. The van der Waals surface area contributed by atoms with Crippen molar-refractivity contribution in [3.05, 3.63) is 29.3 Å². The van der Waals surface area contributed by atoms with Gasteiger partial charge < -0.3 is 14.7 Å². The quantitative estimate of drug-likeness (QED) is 0.832. The van der Waals surface area contributed by atoms with Crippen LogP contribution in [0.15, 0.2) is 18.2 Å². The Bertz CT molecular complexity index is 585. The average Bonchev–Trinajstić information content (AvgIpc) is 2.55. The van der Waals surface area contributed by atoms with Gasteiger partial charge in [0.15, 0.2) is 0 Å². The molecule has 5 nitrogen and oxygen atoms in total. The van der Waals surface area contributed by atoms with Gasteiger partial charge in [-0.25, -0.2) is 0 Å². The second kappa shape index (κ2) is 8.71. The van der Waals surface area contributed by atoms with Crippen molar-refractivity contribution in [2.75, 3.05) is 19.7 Å². The zero-order valence-electron chi connectivity index (χ0n) is 14.6. The van der Waals surface area contributed by atoms with Crippen LogP contribution in [0.4, 0.5) is 0 Å². The van der Waals surface area contributed by atoms with Crippen LogP contribution in [0.5, 0.6) is 5.75 Å². The van der Waals surface area contributed by atoms with E-state index >= 15 is 0 Å². The lowest BCUT2D eigenvalue weighted by Crippen LogP contribution is -2.40. The Kier molecular flexibility index (Phi) is 6.64. The van der Waals surface area contributed by atoms with E-state index in [1.165, 1.54) is 5.56 Å². The molecule has 1 aliphatic rings. The Morgan fingerprint density at radius 2 is 2.08 bits per heavy atom. The number of nitrogens with zero attached hydrogens (tertiary/aromatic N) is 1. The fourth-order valence-corrected chi connectivity index (χ4v) is 3.22. The number of carboxylic acid groups (broad SMARTS) is 1. The number of carbonyl (C=O) groups is 2. The number of hydrogen-bond acceptors (Lipinski definition) is 3. The molecule has 24 heavy (non-hydrogen) atoms. The highest BCUT2D eigenvalue weighted by molar-refractivity contribution is 5.76. The summed E-state index contributed by atoms with van der Waals surface area (Å²) in [6.45, 7) is 5.86. The molecule has 1 aliphatic heterocycles. The van der Waals surface area contributed by atoms with Crippen molar-refractivity contribution in [2.45, 2.75) is 46.0 Å². The van der Waals surface area contributed by atoms with E-state index in [2.05, 4.69) is 6.07 Å². The fourth-order valence-electron chi connectivity index (χ4n) is 3.22. The van der Waals surface area contributed by atoms with E-state index < -0.39 is 5.97 Å². The molecule has 1 atom stereocenters. The second-order valence-corrected chi connectivity index (χ2v) is 6.65. The number of benzene rings is 1. The molecular weight excluding hydrogens is 306 g/mol. The number of ether oxygens (including phenoxy) is 1. The van der Waals surface area contributed by atoms with Gasteiger partial charge in [0, 0.05) is 19.5 Å². The molecule has 0 saturated carbocycles. The summed E-state index contributed by atoms with van der Waals surface area (Å²) in [5.74, 6) is 0.463. The van der Waals surface area contributed by atoms with Gasteiger partial charge in [-0.15, -0.1) is 0 Å². The number of likely N-dealkylation sites (tertiary alicyclic amines) is 1. The maximum Gasteiger partial charge on any atom is 0.303 e. The van der Waals surface area contributed by atoms with Gasteiger partial charge in [-0.05, 0) is 50.7 Å². The van der Waals surface area contributed by atoms with Gasteiger partial charge >= 0.3 is 5.97 Å². The molecule has 0 aromatic heterocycles. The molecule has 0 aliphatic carbocycles. The summed E-state index contributed by atoms with van der Waals surface area (Å²) in [6.07, 6.45) is 3.16. The monoisotopic (exact) mass is 333 g/mol. The van der Waals surface area contributed by atoms with Gasteiger partial charge in [-0.1, -0.05) is 17.7 Å². The summed E-state index contributed by atoms with van der Waals surface area (Å²) in [5.41, 5.74) is 2.27. The number of rotatable bonds is 7. The van der Waals surface area contributed by atoms with Crippen molar-refractivity contribution in [1.29, 1.82) is 0 Å². The summed E-state index contributed by atoms with van der Waals surface area (Å²) >= 11 is 0. The van der Waals surface area contributed by atoms with Crippen molar-refractivity contribution >= 4 is 11.9 Å². The average molecular weight is 333 g/mol. The molecule has 1 saturated heterocycles. The van der Waals surface area contributed by atoms with Gasteiger partial charge in [0.2, 0.25) is 5.91 Å². The molecule has 2 rings (SSSR count). The zero-order chi connectivity index (χ0) is 17.5. The Morgan fingerprint density at radius 1 is 1.29 bits per heavy atom. The van der Waals surface area contributed by atoms with E-state index in [9.17, 15) is 9.59 Å². The number of piperidine rings is 1. The molecule has 1 amide bonds. The first-order valence-corrected chi connectivity index (χ1v) is 8.65. The maximum atomic E-state index is 12.3. The summed E-state index contributed by atoms with van der Waals surface area (Å²) in [6, 6.07) is 6.01. The molecular formula is C19H27NO4. The zero-order valence-corrected chi connectivity index (χ0v) is 14.6. The van der Waals surface area contributed by atoms with Gasteiger partial charge in [0.25, 0.3) is 0 Å². The highest BCUT2D eigenvalue weighted by Crippen LogP contribution is 2.22. The normalized spacial score (nSPS) is 17.6. The van der Waals surface area contributed by atoms with E-state index in [1.807, 2.05) is 30.9 Å². The van der Waals surface area contributed by atoms with Gasteiger partial charge in [0.05, 0.1) is 13.0 Å². The Balaban J connectivity index is 1.76. The van der Waals surface area contributed by atoms with Crippen LogP contribution in [0.25, 0.3) is 0 Å².